The highest BCUT2D eigenvalue weighted by atomic mass is 28.3. The molecule has 1 aromatic heterocycles. The molecule has 1 nitrogen and oxygen atoms in total. The molecule has 0 aromatic carbocycles. The molecule has 0 aliphatic carbocycles. The third-order valence-corrected chi connectivity index (χ3v) is 4.01. The molecular weight excluding hydrogens is 150 g/mol. The highest BCUT2D eigenvalue weighted by molar-refractivity contribution is 6.88. The number of nitrogens with zero attached hydrogens (tertiary/aromatic N) is 1. The fourth-order valence-corrected chi connectivity index (χ4v) is 2.21. The lowest BCUT2D eigenvalue weighted by Crippen LogP contribution is -2.36. The third-order valence-electron chi connectivity index (χ3n) is 1.98. The van der Waals surface area contributed by atoms with Crippen molar-refractivity contribution >= 4 is 13.3 Å². The summed E-state index contributed by atoms with van der Waals surface area (Å²) in [6, 6.07) is 2.26. The van der Waals surface area contributed by atoms with E-state index < -0.39 is 8.07 Å². The van der Waals surface area contributed by atoms with Crippen LogP contribution in [0.25, 0.3) is 0 Å². The van der Waals surface area contributed by atoms with Gasteiger partial charge in [-0.3, -0.25) is 0 Å². The van der Waals surface area contributed by atoms with Gasteiger partial charge in [0.15, 0.2) is 0 Å². The molecule has 0 radical (unpaired) electrons. The second-order valence-electron chi connectivity index (χ2n) is 3.98. The van der Waals surface area contributed by atoms with Crippen LogP contribution in [0.5, 0.6) is 0 Å². The van der Waals surface area contributed by atoms with Gasteiger partial charge in [-0.1, -0.05) is 19.6 Å². The first kappa shape index (κ1) is 8.59. The summed E-state index contributed by atoms with van der Waals surface area (Å²) in [5.74, 6) is 0. The summed E-state index contributed by atoms with van der Waals surface area (Å²) in [7, 11) is -1.05. The Labute approximate surface area is 70.1 Å². The van der Waals surface area contributed by atoms with Crippen LogP contribution in [0.2, 0.25) is 19.6 Å². The minimum absolute atomic E-state index is 1.05. The SMILES string of the molecule is CCn1ccc([Si](C)(C)C)c1. The Morgan fingerprint density at radius 1 is 1.36 bits per heavy atom. The Hall–Kier alpha value is -0.503. The summed E-state index contributed by atoms with van der Waals surface area (Å²) in [6.45, 7) is 10.4. The highest BCUT2D eigenvalue weighted by Gasteiger charge is 2.16. The molecule has 0 saturated carbocycles. The predicted molar refractivity (Wildman–Crippen MR) is 53.1 cm³/mol. The fourth-order valence-electron chi connectivity index (χ4n) is 1.08. The van der Waals surface area contributed by atoms with E-state index in [1.807, 2.05) is 0 Å². The molecule has 62 valence electrons. The first-order valence-electron chi connectivity index (χ1n) is 4.20. The summed E-state index contributed by atoms with van der Waals surface area (Å²) in [4.78, 5) is 0. The maximum atomic E-state index is 2.38. The summed E-state index contributed by atoms with van der Waals surface area (Å²) in [5.41, 5.74) is 0. The second-order valence-corrected chi connectivity index (χ2v) is 9.06. The van der Waals surface area contributed by atoms with Crippen LogP contribution >= 0.6 is 0 Å². The van der Waals surface area contributed by atoms with Crippen LogP contribution < -0.4 is 5.19 Å². The normalized spacial score (nSPS) is 12.0. The maximum absolute atomic E-state index is 2.38. The molecule has 0 spiro atoms. The van der Waals surface area contributed by atoms with Crippen LogP contribution in [0.3, 0.4) is 0 Å². The molecular formula is C9H17NSi. The Kier molecular flexibility index (Phi) is 2.23. The molecule has 0 aliphatic rings. The molecule has 0 atom stereocenters. The van der Waals surface area contributed by atoms with Gasteiger partial charge < -0.3 is 4.57 Å². The lowest BCUT2D eigenvalue weighted by Gasteiger charge is -2.12. The van der Waals surface area contributed by atoms with Crippen LogP contribution in [-0.2, 0) is 6.54 Å². The van der Waals surface area contributed by atoms with E-state index in [2.05, 4.69) is 49.6 Å². The molecule has 1 heterocycles. The van der Waals surface area contributed by atoms with Crippen LogP contribution in [0, 0.1) is 0 Å². The van der Waals surface area contributed by atoms with Gasteiger partial charge in [0.25, 0.3) is 0 Å². The maximum Gasteiger partial charge on any atom is 0.0795 e. The first-order chi connectivity index (χ1) is 5.04. The average Bonchev–Trinajstić information content (AvgIpc) is 2.32. The highest BCUT2D eigenvalue weighted by Crippen LogP contribution is 2.02. The van der Waals surface area contributed by atoms with E-state index in [1.54, 1.807) is 5.19 Å². The quantitative estimate of drug-likeness (QED) is 0.594. The molecule has 0 saturated heterocycles. The van der Waals surface area contributed by atoms with Crippen molar-refractivity contribution in [1.29, 1.82) is 0 Å². The molecule has 1 aromatic rings. The van der Waals surface area contributed by atoms with Crippen molar-refractivity contribution in [2.24, 2.45) is 0 Å². The molecule has 0 amide bonds. The number of hydrogen-bond donors (Lipinski definition) is 0. The van der Waals surface area contributed by atoms with Crippen LogP contribution in [0.1, 0.15) is 6.92 Å². The van der Waals surface area contributed by atoms with E-state index >= 15 is 0 Å². The van der Waals surface area contributed by atoms with Crippen LogP contribution in [0.4, 0.5) is 0 Å². The number of aromatic nitrogens is 1. The van der Waals surface area contributed by atoms with Gasteiger partial charge in [0.05, 0.1) is 8.07 Å². The smallest absolute Gasteiger partial charge is 0.0795 e. The van der Waals surface area contributed by atoms with Crippen LogP contribution in [0.15, 0.2) is 18.5 Å². The van der Waals surface area contributed by atoms with Gasteiger partial charge in [-0.15, -0.1) is 0 Å². The minimum Gasteiger partial charge on any atom is -0.355 e. The number of hydrogen-bond acceptors (Lipinski definition) is 0. The van der Waals surface area contributed by atoms with E-state index in [-0.39, 0.29) is 0 Å². The first-order valence-corrected chi connectivity index (χ1v) is 7.70. The van der Waals surface area contributed by atoms with E-state index in [0.29, 0.717) is 0 Å². The minimum atomic E-state index is -1.05. The molecule has 0 bridgehead atoms. The zero-order valence-electron chi connectivity index (χ0n) is 7.89. The summed E-state index contributed by atoms with van der Waals surface area (Å²) < 4.78 is 2.24. The van der Waals surface area contributed by atoms with Crippen molar-refractivity contribution in [3.63, 3.8) is 0 Å². The lowest BCUT2D eigenvalue weighted by atomic mass is 10.7. The summed E-state index contributed by atoms with van der Waals surface area (Å²) in [5, 5.41) is 1.55. The molecule has 1 rings (SSSR count). The van der Waals surface area contributed by atoms with Gasteiger partial charge in [-0.05, 0) is 18.2 Å². The average molecular weight is 167 g/mol. The lowest BCUT2D eigenvalue weighted by molar-refractivity contribution is 0.770. The van der Waals surface area contributed by atoms with Crippen molar-refractivity contribution in [1.82, 2.24) is 4.57 Å². The molecule has 2 heteroatoms. The summed E-state index contributed by atoms with van der Waals surface area (Å²) in [6.07, 6.45) is 4.46. The Bertz CT molecular complexity index is 232. The second kappa shape index (κ2) is 2.86. The predicted octanol–water partition coefficient (Wildman–Crippen LogP) is 2.05. The van der Waals surface area contributed by atoms with E-state index in [1.165, 1.54) is 0 Å². The van der Waals surface area contributed by atoms with Gasteiger partial charge >= 0.3 is 0 Å². The van der Waals surface area contributed by atoms with Crippen molar-refractivity contribution in [2.45, 2.75) is 33.1 Å². The van der Waals surface area contributed by atoms with Gasteiger partial charge in [-0.2, -0.15) is 0 Å². The zero-order chi connectivity index (χ0) is 8.48. The summed E-state index contributed by atoms with van der Waals surface area (Å²) >= 11 is 0. The van der Waals surface area contributed by atoms with Crippen molar-refractivity contribution in [2.75, 3.05) is 0 Å². The van der Waals surface area contributed by atoms with Gasteiger partial charge in [0.1, 0.15) is 0 Å². The van der Waals surface area contributed by atoms with Crippen LogP contribution in [-0.4, -0.2) is 12.6 Å². The Morgan fingerprint density at radius 2 is 2.00 bits per heavy atom. The number of rotatable bonds is 2. The number of aryl methyl sites for hydroxylation is 1. The third kappa shape index (κ3) is 1.96. The van der Waals surface area contributed by atoms with E-state index in [9.17, 15) is 0 Å². The Balaban J connectivity index is 2.89. The molecule has 0 fully saturated rings. The van der Waals surface area contributed by atoms with Gasteiger partial charge in [0.2, 0.25) is 0 Å². The van der Waals surface area contributed by atoms with Crippen molar-refractivity contribution in [3.05, 3.63) is 18.5 Å². The monoisotopic (exact) mass is 167 g/mol. The van der Waals surface area contributed by atoms with Gasteiger partial charge in [-0.25, -0.2) is 0 Å². The Morgan fingerprint density at radius 3 is 2.27 bits per heavy atom. The fraction of sp³-hybridized carbons (Fsp3) is 0.556. The molecule has 0 unspecified atom stereocenters. The largest absolute Gasteiger partial charge is 0.355 e. The standard InChI is InChI=1S/C9H17NSi/c1-5-10-7-6-9(8-10)11(2,3)4/h6-8H,5H2,1-4H3. The van der Waals surface area contributed by atoms with E-state index in [4.69, 9.17) is 0 Å². The zero-order valence-corrected chi connectivity index (χ0v) is 8.89. The van der Waals surface area contributed by atoms with Crippen molar-refractivity contribution < 1.29 is 0 Å². The molecule has 0 aliphatic heterocycles. The van der Waals surface area contributed by atoms with Crippen molar-refractivity contribution in [3.8, 4) is 0 Å². The topological polar surface area (TPSA) is 4.93 Å². The molecule has 11 heavy (non-hydrogen) atoms. The van der Waals surface area contributed by atoms with E-state index in [0.717, 1.165) is 6.54 Å². The van der Waals surface area contributed by atoms with Gasteiger partial charge in [0, 0.05) is 18.9 Å². The molecule has 0 N–H and O–H groups in total.